The molecule has 0 heteroatoms. The number of rotatable bonds is 0. The first-order valence-electron chi connectivity index (χ1n) is 15.7. The van der Waals surface area contributed by atoms with E-state index in [0.29, 0.717) is 0 Å². The van der Waals surface area contributed by atoms with E-state index in [1.165, 1.54) is 88.0 Å². The highest BCUT2D eigenvalue weighted by Crippen LogP contribution is 2.67. The van der Waals surface area contributed by atoms with Gasteiger partial charge < -0.3 is 0 Å². The van der Waals surface area contributed by atoms with E-state index in [9.17, 15) is 0 Å². The summed E-state index contributed by atoms with van der Waals surface area (Å²) in [5.41, 5.74) is 17.8. The highest BCUT2D eigenvalue weighted by Gasteiger charge is 2.50. The van der Waals surface area contributed by atoms with Crippen molar-refractivity contribution < 1.29 is 0 Å². The summed E-state index contributed by atoms with van der Waals surface area (Å²) in [6.07, 6.45) is 0. The lowest BCUT2D eigenvalue weighted by molar-refractivity contribution is 0.637. The summed E-state index contributed by atoms with van der Waals surface area (Å²) in [5, 5.41) is 8.85. The van der Waals surface area contributed by atoms with Crippen molar-refractivity contribution in [2.24, 2.45) is 0 Å². The molecule has 6 aromatic carbocycles. The van der Waals surface area contributed by atoms with Crippen molar-refractivity contribution in [3.63, 3.8) is 0 Å². The predicted molar refractivity (Wildman–Crippen MR) is 178 cm³/mol. The van der Waals surface area contributed by atoms with Gasteiger partial charge in [0.2, 0.25) is 0 Å². The summed E-state index contributed by atoms with van der Waals surface area (Å²) in [6.45, 7) is 19.7. The van der Waals surface area contributed by atoms with Crippen LogP contribution in [0.15, 0.2) is 72.8 Å². The molecular weight excluding hydrogens is 504 g/mol. The molecule has 0 unspecified atom stereocenters. The van der Waals surface area contributed by atoms with E-state index in [1.807, 2.05) is 0 Å². The van der Waals surface area contributed by atoms with Crippen molar-refractivity contribution >= 4 is 32.3 Å². The summed E-state index contributed by atoms with van der Waals surface area (Å²) in [6, 6.07) is 28.6. The Labute approximate surface area is 248 Å². The fraction of sp³-hybridized carbons (Fsp3) is 0.286. The van der Waals surface area contributed by atoms with Crippen molar-refractivity contribution in [2.75, 3.05) is 0 Å². The van der Waals surface area contributed by atoms with Crippen molar-refractivity contribution in [2.45, 2.75) is 77.0 Å². The maximum atomic E-state index is 2.50. The van der Waals surface area contributed by atoms with Crippen LogP contribution in [0.1, 0.15) is 99.9 Å². The number of hydrogen-bond donors (Lipinski definition) is 0. The van der Waals surface area contributed by atoms with Crippen molar-refractivity contribution in [1.82, 2.24) is 0 Å². The molecule has 0 spiro atoms. The summed E-state index contributed by atoms with van der Waals surface area (Å²) in [4.78, 5) is 0. The van der Waals surface area contributed by atoms with Gasteiger partial charge in [-0.15, -0.1) is 0 Å². The third kappa shape index (κ3) is 2.14. The van der Waals surface area contributed by atoms with Gasteiger partial charge in [-0.2, -0.15) is 0 Å². The summed E-state index contributed by atoms with van der Waals surface area (Å²) >= 11 is 0. The van der Waals surface area contributed by atoms with E-state index in [0.717, 1.165) is 0 Å². The van der Waals surface area contributed by atoms with Gasteiger partial charge in [-0.1, -0.05) is 128 Å². The van der Waals surface area contributed by atoms with E-state index in [-0.39, 0.29) is 21.7 Å². The smallest absolute Gasteiger partial charge is 0.0165 e. The SMILES string of the molecule is CC1(C)c2cccc3c2-c2c(c4c5c6c7c(cccc7c4c4cccc1c24)C(C)(C)c1cccc(c1-6)C5(C)C)C3(C)C. The van der Waals surface area contributed by atoms with Crippen molar-refractivity contribution in [3.8, 4) is 22.3 Å². The van der Waals surface area contributed by atoms with Crippen LogP contribution in [0.25, 0.3) is 54.6 Å². The van der Waals surface area contributed by atoms with Gasteiger partial charge in [-0.3, -0.25) is 0 Å². The zero-order chi connectivity index (χ0) is 28.9. The molecule has 0 nitrogen and oxygen atoms in total. The van der Waals surface area contributed by atoms with Gasteiger partial charge in [0, 0.05) is 21.7 Å². The monoisotopic (exact) mass is 540 g/mol. The molecule has 0 amide bonds. The van der Waals surface area contributed by atoms with Gasteiger partial charge in [0.25, 0.3) is 0 Å². The Morgan fingerprint density at radius 3 is 1.05 bits per heavy atom. The summed E-state index contributed by atoms with van der Waals surface area (Å²) < 4.78 is 0. The van der Waals surface area contributed by atoms with Gasteiger partial charge in [-0.05, 0) is 99.1 Å². The van der Waals surface area contributed by atoms with Crippen LogP contribution in [0.5, 0.6) is 0 Å². The predicted octanol–water partition coefficient (Wildman–Crippen LogP) is 11.0. The van der Waals surface area contributed by atoms with Crippen LogP contribution >= 0.6 is 0 Å². The Balaban J connectivity index is 1.61. The minimum atomic E-state index is -0.100. The second-order valence-corrected chi connectivity index (χ2v) is 15.7. The normalized spacial score (nSPS) is 19.7. The second kappa shape index (κ2) is 6.52. The van der Waals surface area contributed by atoms with Crippen molar-refractivity contribution in [1.29, 1.82) is 0 Å². The van der Waals surface area contributed by atoms with Gasteiger partial charge in [0.15, 0.2) is 0 Å². The Morgan fingerprint density at radius 2 is 0.643 bits per heavy atom. The van der Waals surface area contributed by atoms with Crippen LogP contribution in [-0.4, -0.2) is 0 Å². The van der Waals surface area contributed by atoms with Crippen LogP contribution in [0.4, 0.5) is 0 Å². The maximum absolute atomic E-state index is 2.50. The summed E-state index contributed by atoms with van der Waals surface area (Å²) in [7, 11) is 0. The van der Waals surface area contributed by atoms with Gasteiger partial charge in [0.05, 0.1) is 0 Å². The fourth-order valence-corrected chi connectivity index (χ4v) is 10.4. The average molecular weight is 541 g/mol. The number of hydrogen-bond acceptors (Lipinski definition) is 0. The molecule has 0 aromatic heterocycles. The Kier molecular flexibility index (Phi) is 3.67. The first-order chi connectivity index (χ1) is 19.9. The van der Waals surface area contributed by atoms with Crippen LogP contribution in [0.2, 0.25) is 0 Å². The molecule has 0 bridgehead atoms. The fourth-order valence-electron chi connectivity index (χ4n) is 10.4. The van der Waals surface area contributed by atoms with E-state index >= 15 is 0 Å². The zero-order valence-corrected chi connectivity index (χ0v) is 25.9. The molecule has 4 aliphatic carbocycles. The minimum absolute atomic E-state index is 0.0568. The molecule has 10 rings (SSSR count). The lowest BCUT2D eigenvalue weighted by Gasteiger charge is -2.37. The lowest BCUT2D eigenvalue weighted by atomic mass is 9.66. The third-order valence-electron chi connectivity index (χ3n) is 12.3. The molecule has 0 fully saturated rings. The highest BCUT2D eigenvalue weighted by atomic mass is 14.5. The van der Waals surface area contributed by atoms with Crippen molar-refractivity contribution in [3.05, 3.63) is 117 Å². The standard InChI is InChI=1S/C42H36/c1-39(2)23-15-9-13-21-29-22-14-10-16-24-31(22)35-33-26(40(24,3)4)18-12-20-28(33)42(7,8)38(35)36(29)37-34(30(21)23)32-25(39)17-11-19-27(32)41(37,5)6/h9-20H,1-8H3. The first kappa shape index (κ1) is 23.6. The van der Waals surface area contributed by atoms with Gasteiger partial charge in [-0.25, -0.2) is 0 Å². The number of benzene rings is 6. The van der Waals surface area contributed by atoms with Gasteiger partial charge in [0.1, 0.15) is 0 Å². The third-order valence-corrected chi connectivity index (χ3v) is 12.3. The molecule has 4 aliphatic rings. The van der Waals surface area contributed by atoms with Crippen LogP contribution < -0.4 is 0 Å². The molecule has 0 atom stereocenters. The average Bonchev–Trinajstić information content (AvgIpc) is 3.35. The Hall–Kier alpha value is -3.90. The Morgan fingerprint density at radius 1 is 0.310 bits per heavy atom. The molecule has 0 N–H and O–H groups in total. The Bertz CT molecular complexity index is 2170. The molecule has 0 saturated carbocycles. The van der Waals surface area contributed by atoms with Crippen LogP contribution in [0.3, 0.4) is 0 Å². The van der Waals surface area contributed by atoms with Crippen LogP contribution in [-0.2, 0) is 21.7 Å². The van der Waals surface area contributed by atoms with E-state index < -0.39 is 0 Å². The molecule has 0 saturated heterocycles. The maximum Gasteiger partial charge on any atom is 0.0165 e. The molecule has 0 aliphatic heterocycles. The lowest BCUT2D eigenvalue weighted by Crippen LogP contribution is -2.24. The largest absolute Gasteiger partial charge is 0.0616 e. The van der Waals surface area contributed by atoms with E-state index in [1.54, 1.807) is 11.1 Å². The molecule has 6 aromatic rings. The van der Waals surface area contributed by atoms with Gasteiger partial charge >= 0.3 is 0 Å². The van der Waals surface area contributed by atoms with Crippen LogP contribution in [0, 0.1) is 0 Å². The molecule has 0 heterocycles. The number of fused-ring (bicyclic) bond motifs is 5. The highest BCUT2D eigenvalue weighted by molar-refractivity contribution is 6.32. The molecule has 42 heavy (non-hydrogen) atoms. The van der Waals surface area contributed by atoms with E-state index in [2.05, 4.69) is 128 Å². The second-order valence-electron chi connectivity index (χ2n) is 15.7. The zero-order valence-electron chi connectivity index (χ0n) is 25.9. The first-order valence-corrected chi connectivity index (χ1v) is 15.7. The quantitative estimate of drug-likeness (QED) is 0.168. The summed E-state index contributed by atoms with van der Waals surface area (Å²) in [5.74, 6) is 0. The molecule has 0 radical (unpaired) electrons. The minimum Gasteiger partial charge on any atom is -0.0616 e. The molecule has 204 valence electrons. The topological polar surface area (TPSA) is 0 Å². The molecular formula is C42H36. The van der Waals surface area contributed by atoms with E-state index in [4.69, 9.17) is 0 Å².